The highest BCUT2D eigenvalue weighted by atomic mass is 32.1. The van der Waals surface area contributed by atoms with Crippen LogP contribution in [0.2, 0.25) is 0 Å². The van der Waals surface area contributed by atoms with Crippen LogP contribution < -0.4 is 4.90 Å². The SMILES string of the molecule is c1ccc(-c2ccc(N(c3ccc(-c4ccc5ccccc5c4)cc3)c3ccccc3-c3ccc4c(c3)sc3ccccc34)cc2)cc1. The summed E-state index contributed by atoms with van der Waals surface area (Å²) in [5.41, 5.74) is 10.6. The maximum absolute atomic E-state index is 2.39. The van der Waals surface area contributed by atoms with Crippen molar-refractivity contribution in [1.29, 1.82) is 0 Å². The van der Waals surface area contributed by atoms with Gasteiger partial charge in [-0.2, -0.15) is 0 Å². The second-order valence-corrected chi connectivity index (χ2v) is 13.3. The third-order valence-corrected chi connectivity index (χ3v) is 10.4. The number of nitrogens with zero attached hydrogens (tertiary/aromatic N) is 1. The number of anilines is 3. The molecule has 48 heavy (non-hydrogen) atoms. The van der Waals surface area contributed by atoms with E-state index in [2.05, 4.69) is 193 Å². The monoisotopic (exact) mass is 629 g/mol. The number of hydrogen-bond donors (Lipinski definition) is 0. The summed E-state index contributed by atoms with van der Waals surface area (Å²) in [7, 11) is 0. The number of thiophene rings is 1. The molecule has 1 nitrogen and oxygen atoms in total. The highest BCUT2D eigenvalue weighted by molar-refractivity contribution is 7.25. The predicted octanol–water partition coefficient (Wildman–Crippen LogP) is 13.7. The third-order valence-electron chi connectivity index (χ3n) is 9.28. The molecule has 1 heterocycles. The quantitative estimate of drug-likeness (QED) is 0.177. The van der Waals surface area contributed by atoms with Crippen LogP contribution >= 0.6 is 11.3 Å². The molecule has 0 unspecified atom stereocenters. The molecule has 2 heteroatoms. The number of benzene rings is 8. The summed E-state index contributed by atoms with van der Waals surface area (Å²) in [6.45, 7) is 0. The van der Waals surface area contributed by atoms with Crippen LogP contribution in [0.25, 0.3) is 64.3 Å². The van der Waals surface area contributed by atoms with E-state index in [1.54, 1.807) is 0 Å². The lowest BCUT2D eigenvalue weighted by Crippen LogP contribution is -2.11. The van der Waals surface area contributed by atoms with Crippen molar-refractivity contribution in [3.63, 3.8) is 0 Å². The zero-order chi connectivity index (χ0) is 31.9. The van der Waals surface area contributed by atoms with Gasteiger partial charge in [0.1, 0.15) is 0 Å². The fourth-order valence-corrected chi connectivity index (χ4v) is 7.98. The Bertz CT molecular complexity index is 2540. The van der Waals surface area contributed by atoms with Crippen LogP contribution in [0.1, 0.15) is 0 Å². The van der Waals surface area contributed by atoms with E-state index in [9.17, 15) is 0 Å². The highest BCUT2D eigenvalue weighted by Gasteiger charge is 2.18. The van der Waals surface area contributed by atoms with E-state index in [1.165, 1.54) is 64.3 Å². The Morgan fingerprint density at radius 3 is 1.69 bits per heavy atom. The lowest BCUT2D eigenvalue weighted by molar-refractivity contribution is 1.28. The summed E-state index contributed by atoms with van der Waals surface area (Å²) in [6, 6.07) is 68.2. The van der Waals surface area contributed by atoms with Gasteiger partial charge >= 0.3 is 0 Å². The van der Waals surface area contributed by atoms with Crippen molar-refractivity contribution in [2.24, 2.45) is 0 Å². The van der Waals surface area contributed by atoms with Gasteiger partial charge < -0.3 is 4.90 Å². The molecule has 0 saturated carbocycles. The first-order valence-corrected chi connectivity index (χ1v) is 17.2. The molecular formula is C46H31NS. The minimum atomic E-state index is 1.11. The van der Waals surface area contributed by atoms with Crippen LogP contribution in [0.4, 0.5) is 17.1 Å². The van der Waals surface area contributed by atoms with Crippen LogP contribution in [0.15, 0.2) is 188 Å². The first-order valence-electron chi connectivity index (χ1n) is 16.3. The second-order valence-electron chi connectivity index (χ2n) is 12.2. The van der Waals surface area contributed by atoms with Crippen molar-refractivity contribution >= 4 is 59.3 Å². The molecule has 0 spiro atoms. The van der Waals surface area contributed by atoms with E-state index in [-0.39, 0.29) is 0 Å². The van der Waals surface area contributed by atoms with Crippen LogP contribution in [0.5, 0.6) is 0 Å². The first kappa shape index (κ1) is 28.3. The molecule has 0 bridgehead atoms. The van der Waals surface area contributed by atoms with Gasteiger partial charge in [-0.05, 0) is 87.1 Å². The summed E-state index contributed by atoms with van der Waals surface area (Å²) < 4.78 is 2.63. The Morgan fingerprint density at radius 2 is 0.896 bits per heavy atom. The molecule has 0 saturated heterocycles. The lowest BCUT2D eigenvalue weighted by atomic mass is 9.99. The van der Waals surface area contributed by atoms with Crippen LogP contribution in [-0.4, -0.2) is 0 Å². The normalized spacial score (nSPS) is 11.3. The Kier molecular flexibility index (Phi) is 7.07. The number of hydrogen-bond acceptors (Lipinski definition) is 2. The zero-order valence-electron chi connectivity index (χ0n) is 26.3. The fraction of sp³-hybridized carbons (Fsp3) is 0. The van der Waals surface area contributed by atoms with Gasteiger partial charge in [0.2, 0.25) is 0 Å². The Labute approximate surface area is 284 Å². The zero-order valence-corrected chi connectivity index (χ0v) is 27.1. The van der Waals surface area contributed by atoms with Crippen molar-refractivity contribution < 1.29 is 0 Å². The minimum Gasteiger partial charge on any atom is -0.310 e. The van der Waals surface area contributed by atoms with Crippen molar-refractivity contribution in [3.05, 3.63) is 188 Å². The van der Waals surface area contributed by atoms with E-state index < -0.39 is 0 Å². The molecule has 0 aliphatic carbocycles. The molecule has 1 aromatic heterocycles. The molecule has 8 aromatic carbocycles. The maximum Gasteiger partial charge on any atom is 0.0540 e. The van der Waals surface area contributed by atoms with Gasteiger partial charge in [-0.15, -0.1) is 11.3 Å². The number of para-hydroxylation sites is 1. The van der Waals surface area contributed by atoms with Gasteiger partial charge in [-0.1, -0.05) is 140 Å². The maximum atomic E-state index is 2.39. The predicted molar refractivity (Wildman–Crippen MR) is 208 cm³/mol. The van der Waals surface area contributed by atoms with E-state index >= 15 is 0 Å². The molecule has 9 rings (SSSR count). The number of rotatable bonds is 6. The Hall–Kier alpha value is -5.96. The van der Waals surface area contributed by atoms with Gasteiger partial charge in [0.25, 0.3) is 0 Å². The molecular weight excluding hydrogens is 599 g/mol. The van der Waals surface area contributed by atoms with Crippen molar-refractivity contribution in [1.82, 2.24) is 0 Å². The van der Waals surface area contributed by atoms with Crippen LogP contribution in [0.3, 0.4) is 0 Å². The smallest absolute Gasteiger partial charge is 0.0540 e. The molecule has 0 radical (unpaired) electrons. The first-order chi connectivity index (χ1) is 23.8. The summed E-state index contributed by atoms with van der Waals surface area (Å²) in [4.78, 5) is 2.39. The summed E-state index contributed by atoms with van der Waals surface area (Å²) >= 11 is 1.86. The van der Waals surface area contributed by atoms with Gasteiger partial charge in [-0.25, -0.2) is 0 Å². The topological polar surface area (TPSA) is 3.24 Å². The summed E-state index contributed by atoms with van der Waals surface area (Å²) in [5, 5.41) is 5.15. The fourth-order valence-electron chi connectivity index (χ4n) is 6.84. The summed E-state index contributed by atoms with van der Waals surface area (Å²) in [5.74, 6) is 0. The average Bonchev–Trinajstić information content (AvgIpc) is 3.54. The van der Waals surface area contributed by atoms with E-state index in [1.807, 2.05) is 11.3 Å². The standard InChI is InChI=1S/C46H31NS/c1-2-10-32(11-3-1)34-20-25-39(26-21-34)47(40-27-22-35(23-28-40)37-19-18-33-12-4-5-13-36(33)30-37)44-16-8-6-14-41(44)38-24-29-43-42-15-7-9-17-45(42)48-46(43)31-38/h1-31H. The Balaban J connectivity index is 1.17. The van der Waals surface area contributed by atoms with E-state index in [0.717, 1.165) is 17.1 Å². The van der Waals surface area contributed by atoms with Crippen molar-refractivity contribution in [2.45, 2.75) is 0 Å². The van der Waals surface area contributed by atoms with Crippen molar-refractivity contribution in [3.8, 4) is 33.4 Å². The van der Waals surface area contributed by atoms with Gasteiger partial charge in [0.15, 0.2) is 0 Å². The second kappa shape index (κ2) is 12.0. The van der Waals surface area contributed by atoms with Gasteiger partial charge in [0.05, 0.1) is 5.69 Å². The van der Waals surface area contributed by atoms with Gasteiger partial charge in [0, 0.05) is 37.1 Å². The Morgan fingerprint density at radius 1 is 0.333 bits per heavy atom. The molecule has 0 N–H and O–H groups in total. The number of fused-ring (bicyclic) bond motifs is 4. The van der Waals surface area contributed by atoms with E-state index in [4.69, 9.17) is 0 Å². The van der Waals surface area contributed by atoms with Crippen LogP contribution in [0, 0.1) is 0 Å². The van der Waals surface area contributed by atoms with Crippen molar-refractivity contribution in [2.75, 3.05) is 4.90 Å². The molecule has 0 aliphatic rings. The third kappa shape index (κ3) is 5.13. The molecule has 0 aliphatic heterocycles. The van der Waals surface area contributed by atoms with Gasteiger partial charge in [-0.3, -0.25) is 0 Å². The van der Waals surface area contributed by atoms with Crippen LogP contribution in [-0.2, 0) is 0 Å². The molecule has 0 fully saturated rings. The molecule has 0 atom stereocenters. The minimum absolute atomic E-state index is 1.11. The highest BCUT2D eigenvalue weighted by Crippen LogP contribution is 2.43. The molecule has 0 amide bonds. The lowest BCUT2D eigenvalue weighted by Gasteiger charge is -2.28. The average molecular weight is 630 g/mol. The van der Waals surface area contributed by atoms with E-state index in [0.29, 0.717) is 0 Å². The largest absolute Gasteiger partial charge is 0.310 e. The summed E-state index contributed by atoms with van der Waals surface area (Å²) in [6.07, 6.45) is 0. The molecule has 226 valence electrons. The molecule has 9 aromatic rings.